The molecule has 0 spiro atoms. The van der Waals surface area contributed by atoms with E-state index in [0.29, 0.717) is 19.3 Å². The Bertz CT molecular complexity index is 1810. The second-order valence-electron chi connectivity index (χ2n) is 21.3. The van der Waals surface area contributed by atoms with Gasteiger partial charge in [-0.3, -0.25) is 14.4 Å². The predicted molar refractivity (Wildman–Crippen MR) is 352 cm³/mol. The van der Waals surface area contributed by atoms with Crippen molar-refractivity contribution in [3.05, 3.63) is 158 Å². The summed E-state index contributed by atoms with van der Waals surface area (Å²) in [5, 5.41) is 0. The van der Waals surface area contributed by atoms with Crippen LogP contribution in [0.5, 0.6) is 0 Å². The van der Waals surface area contributed by atoms with Gasteiger partial charge in [0.05, 0.1) is 0 Å². The highest BCUT2D eigenvalue weighted by Gasteiger charge is 2.19. The third-order valence-electron chi connectivity index (χ3n) is 13.5. The van der Waals surface area contributed by atoms with Gasteiger partial charge < -0.3 is 14.2 Å². The van der Waals surface area contributed by atoms with E-state index in [0.717, 1.165) is 180 Å². The van der Waals surface area contributed by atoms with Gasteiger partial charge in [-0.05, 0) is 141 Å². The lowest BCUT2D eigenvalue weighted by Crippen LogP contribution is -2.30. The Morgan fingerprint density at radius 3 is 0.753 bits per heavy atom. The van der Waals surface area contributed by atoms with Gasteiger partial charge in [-0.2, -0.15) is 0 Å². The highest BCUT2D eigenvalue weighted by molar-refractivity contribution is 5.71. The van der Waals surface area contributed by atoms with E-state index in [1.807, 2.05) is 0 Å². The van der Waals surface area contributed by atoms with Crippen LogP contribution in [0, 0.1) is 0 Å². The van der Waals surface area contributed by atoms with Crippen molar-refractivity contribution in [3.8, 4) is 0 Å². The second kappa shape index (κ2) is 67.5. The Morgan fingerprint density at radius 2 is 0.481 bits per heavy atom. The lowest BCUT2D eigenvalue weighted by atomic mass is 10.1. The Balaban J connectivity index is 4.34. The van der Waals surface area contributed by atoms with Gasteiger partial charge in [0.25, 0.3) is 0 Å². The van der Waals surface area contributed by atoms with E-state index in [9.17, 15) is 14.4 Å². The molecule has 1 unspecified atom stereocenters. The van der Waals surface area contributed by atoms with Crippen molar-refractivity contribution in [1.82, 2.24) is 0 Å². The molecule has 0 radical (unpaired) electrons. The van der Waals surface area contributed by atoms with E-state index in [-0.39, 0.29) is 31.1 Å². The van der Waals surface area contributed by atoms with Crippen LogP contribution >= 0.6 is 0 Å². The number of carbonyl (C=O) groups excluding carboxylic acids is 3. The first kappa shape index (κ1) is 76.0. The molecule has 0 aromatic carbocycles. The Labute approximate surface area is 499 Å². The molecular formula is C75H120O6. The Kier molecular flexibility index (Phi) is 63.4. The maximum absolute atomic E-state index is 12.9. The average molecular weight is 1120 g/mol. The highest BCUT2D eigenvalue weighted by Crippen LogP contribution is 2.15. The molecule has 0 heterocycles. The number of allylic oxidation sites excluding steroid dienone is 26. The van der Waals surface area contributed by atoms with E-state index in [4.69, 9.17) is 14.2 Å². The molecule has 0 saturated heterocycles. The fraction of sp³-hybridized carbons (Fsp3) is 0.613. The van der Waals surface area contributed by atoms with Crippen molar-refractivity contribution in [2.24, 2.45) is 0 Å². The van der Waals surface area contributed by atoms with Gasteiger partial charge in [0.2, 0.25) is 0 Å². The van der Waals surface area contributed by atoms with E-state index in [2.05, 4.69) is 179 Å². The largest absolute Gasteiger partial charge is 0.462 e. The van der Waals surface area contributed by atoms with Crippen LogP contribution in [0.15, 0.2) is 158 Å². The average Bonchev–Trinajstić information content (AvgIpc) is 3.46. The smallest absolute Gasteiger partial charge is 0.306 e. The minimum absolute atomic E-state index is 0.0973. The number of unbranched alkanes of at least 4 members (excludes halogenated alkanes) is 21. The molecule has 0 aliphatic heterocycles. The third-order valence-corrected chi connectivity index (χ3v) is 13.5. The van der Waals surface area contributed by atoms with Gasteiger partial charge in [0.15, 0.2) is 6.10 Å². The van der Waals surface area contributed by atoms with Crippen LogP contribution in [0.3, 0.4) is 0 Å². The molecule has 0 aliphatic rings. The molecule has 0 aromatic rings. The zero-order valence-corrected chi connectivity index (χ0v) is 52.2. The number of carbonyl (C=O) groups is 3. The first-order valence-corrected chi connectivity index (χ1v) is 33.0. The van der Waals surface area contributed by atoms with Crippen LogP contribution in [0.1, 0.15) is 278 Å². The summed E-state index contributed by atoms with van der Waals surface area (Å²) in [6, 6.07) is 0. The summed E-state index contributed by atoms with van der Waals surface area (Å²) in [6.45, 7) is 6.32. The van der Waals surface area contributed by atoms with Crippen molar-refractivity contribution >= 4 is 17.9 Å². The molecule has 0 aliphatic carbocycles. The molecule has 6 nitrogen and oxygen atoms in total. The fourth-order valence-corrected chi connectivity index (χ4v) is 8.63. The summed E-state index contributed by atoms with van der Waals surface area (Å²) >= 11 is 0. The SMILES string of the molecule is CC/C=C\C/C=C\C/C=C\C/C=C\C/C=C\C/C=C\C/C=C\CCCCCCCCCCCC(=O)OCC(COC(=O)CCCCCCC/C=C\C/C=C\CCC)OC(=O)CCCCCCCC/C=C\C/C=C\C/C=C\C/C=C\CC. The number of rotatable bonds is 58. The number of esters is 3. The molecule has 6 heteroatoms. The molecule has 0 saturated carbocycles. The van der Waals surface area contributed by atoms with Gasteiger partial charge in [-0.15, -0.1) is 0 Å². The third kappa shape index (κ3) is 65.7. The maximum atomic E-state index is 12.9. The van der Waals surface area contributed by atoms with Gasteiger partial charge in [-0.1, -0.05) is 275 Å². The van der Waals surface area contributed by atoms with E-state index in [1.54, 1.807) is 0 Å². The van der Waals surface area contributed by atoms with Gasteiger partial charge in [0, 0.05) is 19.3 Å². The summed E-state index contributed by atoms with van der Waals surface area (Å²) in [4.78, 5) is 38.3. The topological polar surface area (TPSA) is 78.9 Å². The summed E-state index contributed by atoms with van der Waals surface area (Å²) in [5.41, 5.74) is 0. The monoisotopic (exact) mass is 1120 g/mol. The van der Waals surface area contributed by atoms with Crippen LogP contribution in [0.4, 0.5) is 0 Å². The molecule has 0 N–H and O–H groups in total. The number of ether oxygens (including phenoxy) is 3. The minimum Gasteiger partial charge on any atom is -0.462 e. The summed E-state index contributed by atoms with van der Waals surface area (Å²) in [7, 11) is 0. The molecule has 1 atom stereocenters. The Morgan fingerprint density at radius 1 is 0.259 bits per heavy atom. The van der Waals surface area contributed by atoms with Crippen LogP contribution in [-0.2, 0) is 28.6 Å². The van der Waals surface area contributed by atoms with Crippen LogP contribution < -0.4 is 0 Å². The lowest BCUT2D eigenvalue weighted by Gasteiger charge is -2.18. The number of hydrogen-bond acceptors (Lipinski definition) is 6. The van der Waals surface area contributed by atoms with Crippen molar-refractivity contribution in [3.63, 3.8) is 0 Å². The first-order chi connectivity index (χ1) is 40.0. The molecule has 0 rings (SSSR count). The maximum Gasteiger partial charge on any atom is 0.306 e. The van der Waals surface area contributed by atoms with E-state index < -0.39 is 6.10 Å². The van der Waals surface area contributed by atoms with Crippen LogP contribution in [0.2, 0.25) is 0 Å². The molecule has 0 aromatic heterocycles. The second-order valence-corrected chi connectivity index (χ2v) is 21.3. The summed E-state index contributed by atoms with van der Waals surface area (Å²) in [6.07, 6.45) is 98.2. The first-order valence-electron chi connectivity index (χ1n) is 33.0. The molecule has 0 amide bonds. The molecule has 81 heavy (non-hydrogen) atoms. The molecule has 0 bridgehead atoms. The van der Waals surface area contributed by atoms with Crippen LogP contribution in [0.25, 0.3) is 0 Å². The number of hydrogen-bond donors (Lipinski definition) is 0. The molecular weight excluding hydrogens is 997 g/mol. The van der Waals surface area contributed by atoms with Crippen molar-refractivity contribution in [2.75, 3.05) is 13.2 Å². The van der Waals surface area contributed by atoms with Crippen molar-refractivity contribution < 1.29 is 28.6 Å². The summed E-state index contributed by atoms with van der Waals surface area (Å²) in [5.74, 6) is -0.933. The lowest BCUT2D eigenvalue weighted by molar-refractivity contribution is -0.167. The fourth-order valence-electron chi connectivity index (χ4n) is 8.63. The van der Waals surface area contributed by atoms with Gasteiger partial charge in [0.1, 0.15) is 13.2 Å². The van der Waals surface area contributed by atoms with E-state index in [1.165, 1.54) is 57.8 Å². The highest BCUT2D eigenvalue weighted by atomic mass is 16.6. The van der Waals surface area contributed by atoms with Gasteiger partial charge in [-0.25, -0.2) is 0 Å². The molecule has 456 valence electrons. The minimum atomic E-state index is -0.802. The zero-order valence-electron chi connectivity index (χ0n) is 52.2. The summed E-state index contributed by atoms with van der Waals surface area (Å²) < 4.78 is 16.9. The van der Waals surface area contributed by atoms with Gasteiger partial charge >= 0.3 is 17.9 Å². The normalized spacial score (nSPS) is 13.2. The molecule has 0 fully saturated rings. The van der Waals surface area contributed by atoms with Crippen molar-refractivity contribution in [1.29, 1.82) is 0 Å². The van der Waals surface area contributed by atoms with Crippen LogP contribution in [-0.4, -0.2) is 37.2 Å². The Hall–Kier alpha value is -4.97. The quantitative estimate of drug-likeness (QED) is 0.0261. The zero-order chi connectivity index (χ0) is 58.5. The van der Waals surface area contributed by atoms with Crippen molar-refractivity contribution in [2.45, 2.75) is 284 Å². The van der Waals surface area contributed by atoms with E-state index >= 15 is 0 Å². The standard InChI is InChI=1S/C75H120O6/c1-4-7-10-13-16-19-22-25-27-29-31-32-33-34-35-36-37-38-39-40-41-42-44-45-47-50-53-56-59-62-65-68-74(77)80-71-72(70-79-73(76)67-64-61-58-55-52-49-24-21-18-15-12-9-6-3)81-75(78)69-66-63-60-57-54-51-48-46-43-30-28-26-23-20-17-14-11-8-5-2/h7-8,10-12,15-17,19-21,24-28,31-32,34-35,37-38,40-41,43,46,72H,4-6,9,13-14,18,22-23,29-30,33,36,39,42,44-45,47-71H2,1-3H3/b10-7-,11-8-,15-12-,19-16-,20-17-,24-21-,27-25-,28-26-,32-31-,35-34-,38-37-,41-40-,46-43-. The predicted octanol–water partition coefficient (Wildman–Crippen LogP) is 22.9.